The average Bonchev–Trinajstić information content (AvgIpc) is 2.84. The van der Waals surface area contributed by atoms with Gasteiger partial charge in [-0.3, -0.25) is 4.79 Å². The molecule has 0 fully saturated rings. The molecule has 2 heterocycles. The van der Waals surface area contributed by atoms with Gasteiger partial charge in [0.25, 0.3) is 0 Å². The number of nitrogens with one attached hydrogen (secondary N) is 1. The largest absolute Gasteiger partial charge is 0.307 e. The average molecular weight is 259 g/mol. The molecule has 2 nitrogen and oxygen atoms in total. The molecule has 0 bridgehead atoms. The van der Waals surface area contributed by atoms with Gasteiger partial charge in [-0.2, -0.15) is 0 Å². The van der Waals surface area contributed by atoms with E-state index < -0.39 is 0 Å². The topological polar surface area (TPSA) is 32.9 Å². The van der Waals surface area contributed by atoms with Crippen molar-refractivity contribution >= 4 is 29.2 Å². The fraction of sp³-hybridized carbons (Fsp3) is 0.154. The van der Waals surface area contributed by atoms with Crippen LogP contribution in [0.3, 0.4) is 0 Å². The molecule has 0 unspecified atom stereocenters. The third kappa shape index (κ3) is 1.37. The second kappa shape index (κ2) is 3.37. The van der Waals surface area contributed by atoms with E-state index in [1.165, 1.54) is 28.0 Å². The molecule has 4 heteroatoms. The molecule has 84 valence electrons. The van der Waals surface area contributed by atoms with Crippen LogP contribution in [0.15, 0.2) is 39.7 Å². The summed E-state index contributed by atoms with van der Waals surface area (Å²) in [5.74, 6) is 0. The van der Waals surface area contributed by atoms with Crippen LogP contribution in [0.1, 0.15) is 21.3 Å². The van der Waals surface area contributed by atoms with Gasteiger partial charge in [0.1, 0.15) is 0 Å². The Bertz CT molecular complexity index is 695. The molecule has 17 heavy (non-hydrogen) atoms. The predicted octanol–water partition coefficient (Wildman–Crippen LogP) is 3.22. The summed E-state index contributed by atoms with van der Waals surface area (Å²) in [5.41, 5.74) is 4.26. The first-order valence-electron chi connectivity index (χ1n) is 5.49. The number of rotatable bonds is 0. The number of hydrogen-bond donors (Lipinski definition) is 1. The van der Waals surface area contributed by atoms with E-state index in [4.69, 9.17) is 0 Å². The Hall–Kier alpha value is -1.26. The molecule has 4 rings (SSSR count). The van der Waals surface area contributed by atoms with Crippen LogP contribution in [-0.4, -0.2) is 4.98 Å². The molecular weight excluding hydrogens is 250 g/mol. The number of thiazole rings is 1. The first kappa shape index (κ1) is 9.74. The fourth-order valence-corrected chi connectivity index (χ4v) is 4.79. The number of hydrogen-bond acceptors (Lipinski definition) is 3. The van der Waals surface area contributed by atoms with Crippen molar-refractivity contribution in [2.75, 3.05) is 0 Å². The molecule has 0 saturated carbocycles. The normalized spacial score (nSPS) is 20.5. The van der Waals surface area contributed by atoms with Crippen LogP contribution in [0.5, 0.6) is 0 Å². The zero-order chi connectivity index (χ0) is 11.4. The molecule has 1 aliphatic heterocycles. The van der Waals surface area contributed by atoms with Gasteiger partial charge in [-0.1, -0.05) is 47.4 Å². The molecule has 2 aliphatic rings. The van der Waals surface area contributed by atoms with Crippen molar-refractivity contribution in [3.8, 4) is 0 Å². The summed E-state index contributed by atoms with van der Waals surface area (Å²) >= 11 is 3.09. The quantitative estimate of drug-likeness (QED) is 0.788. The van der Waals surface area contributed by atoms with Crippen LogP contribution < -0.4 is 4.87 Å². The Morgan fingerprint density at radius 1 is 1.29 bits per heavy atom. The second-order valence-electron chi connectivity index (χ2n) is 4.30. The van der Waals surface area contributed by atoms with Gasteiger partial charge in [-0.15, -0.1) is 0 Å². The van der Waals surface area contributed by atoms with Gasteiger partial charge in [0.15, 0.2) is 0 Å². The van der Waals surface area contributed by atoms with E-state index in [-0.39, 0.29) is 4.87 Å². The molecule has 0 amide bonds. The van der Waals surface area contributed by atoms with Gasteiger partial charge in [-0.05, 0) is 29.2 Å². The Balaban J connectivity index is 1.89. The van der Waals surface area contributed by atoms with Crippen LogP contribution in [0.25, 0.3) is 6.08 Å². The summed E-state index contributed by atoms with van der Waals surface area (Å²) in [6.07, 6.45) is 3.22. The SMILES string of the molecule is O=c1[nH]c2c(s1)C=C1Cc3ccccc3[C@@H]1S2. The highest BCUT2D eigenvalue weighted by molar-refractivity contribution is 8.00. The minimum absolute atomic E-state index is 0.0487. The van der Waals surface area contributed by atoms with Crippen molar-refractivity contribution in [3.63, 3.8) is 0 Å². The predicted molar refractivity (Wildman–Crippen MR) is 71.7 cm³/mol. The number of thioether (sulfide) groups is 1. The Morgan fingerprint density at radius 3 is 3.12 bits per heavy atom. The minimum Gasteiger partial charge on any atom is -0.307 e. The van der Waals surface area contributed by atoms with Crippen molar-refractivity contribution in [1.82, 2.24) is 4.98 Å². The Kier molecular flexibility index (Phi) is 1.93. The molecule has 1 atom stereocenters. The smallest absolute Gasteiger partial charge is 0.305 e. The molecular formula is C13H9NOS2. The van der Waals surface area contributed by atoms with Gasteiger partial charge in [0.05, 0.1) is 15.2 Å². The van der Waals surface area contributed by atoms with Crippen molar-refractivity contribution in [2.45, 2.75) is 16.7 Å². The summed E-state index contributed by atoms with van der Waals surface area (Å²) < 4.78 is 0. The third-order valence-electron chi connectivity index (χ3n) is 3.26. The second-order valence-corrected chi connectivity index (χ2v) is 6.43. The van der Waals surface area contributed by atoms with Crippen LogP contribution >= 0.6 is 23.1 Å². The minimum atomic E-state index is 0.0487. The molecule has 1 N–H and O–H groups in total. The summed E-state index contributed by atoms with van der Waals surface area (Å²) in [5, 5.41) is 1.44. The van der Waals surface area contributed by atoms with Crippen LogP contribution in [0.2, 0.25) is 0 Å². The van der Waals surface area contributed by atoms with E-state index in [9.17, 15) is 4.79 Å². The lowest BCUT2D eigenvalue weighted by Crippen LogP contribution is -1.98. The maximum Gasteiger partial charge on any atom is 0.305 e. The summed E-state index contributed by atoms with van der Waals surface area (Å²) in [6, 6.07) is 8.59. The van der Waals surface area contributed by atoms with Gasteiger partial charge in [-0.25, -0.2) is 0 Å². The number of aromatic nitrogens is 1. The molecule has 1 aromatic carbocycles. The van der Waals surface area contributed by atoms with E-state index in [0.717, 1.165) is 16.3 Å². The molecule has 0 spiro atoms. The maximum atomic E-state index is 11.3. The summed E-state index contributed by atoms with van der Waals surface area (Å²) in [7, 11) is 0. The zero-order valence-electron chi connectivity index (χ0n) is 8.90. The van der Waals surface area contributed by atoms with Crippen molar-refractivity contribution in [1.29, 1.82) is 0 Å². The van der Waals surface area contributed by atoms with E-state index in [0.29, 0.717) is 5.25 Å². The Labute approximate surface area is 106 Å². The highest BCUT2D eigenvalue weighted by Gasteiger charge is 2.32. The molecule has 1 aromatic heterocycles. The maximum absolute atomic E-state index is 11.3. The number of fused-ring (bicyclic) bond motifs is 4. The number of aromatic amines is 1. The summed E-state index contributed by atoms with van der Waals surface area (Å²) in [6.45, 7) is 0. The van der Waals surface area contributed by atoms with Gasteiger partial charge >= 0.3 is 4.87 Å². The summed E-state index contributed by atoms with van der Waals surface area (Å²) in [4.78, 5) is 15.4. The van der Waals surface area contributed by atoms with Crippen LogP contribution in [0, 0.1) is 0 Å². The van der Waals surface area contributed by atoms with Gasteiger partial charge < -0.3 is 4.98 Å². The molecule has 1 aliphatic carbocycles. The van der Waals surface area contributed by atoms with Crippen molar-refractivity contribution < 1.29 is 0 Å². The zero-order valence-corrected chi connectivity index (χ0v) is 10.5. The van der Waals surface area contributed by atoms with Gasteiger partial charge in [0, 0.05) is 0 Å². The lowest BCUT2D eigenvalue weighted by molar-refractivity contribution is 1.09. The Morgan fingerprint density at radius 2 is 2.18 bits per heavy atom. The lowest BCUT2D eigenvalue weighted by atomic mass is 10.1. The first-order chi connectivity index (χ1) is 8.31. The van der Waals surface area contributed by atoms with Gasteiger partial charge in [0.2, 0.25) is 0 Å². The first-order valence-corrected chi connectivity index (χ1v) is 7.19. The lowest BCUT2D eigenvalue weighted by Gasteiger charge is -2.17. The highest BCUT2D eigenvalue weighted by Crippen LogP contribution is 2.52. The monoisotopic (exact) mass is 259 g/mol. The van der Waals surface area contributed by atoms with E-state index in [2.05, 4.69) is 35.3 Å². The van der Waals surface area contributed by atoms with E-state index in [1.807, 2.05) is 0 Å². The number of benzene rings is 1. The highest BCUT2D eigenvalue weighted by atomic mass is 32.2. The molecule has 0 saturated heterocycles. The number of H-pyrrole nitrogens is 1. The van der Waals surface area contributed by atoms with Crippen LogP contribution in [0.4, 0.5) is 0 Å². The van der Waals surface area contributed by atoms with Crippen LogP contribution in [-0.2, 0) is 6.42 Å². The molecule has 0 radical (unpaired) electrons. The molecule has 2 aromatic rings. The van der Waals surface area contributed by atoms with Crippen molar-refractivity contribution in [2.24, 2.45) is 0 Å². The third-order valence-corrected chi connectivity index (χ3v) is 5.57. The fourth-order valence-electron chi connectivity index (χ4n) is 2.52. The van der Waals surface area contributed by atoms with Crippen molar-refractivity contribution in [3.05, 3.63) is 55.5 Å². The van der Waals surface area contributed by atoms with E-state index >= 15 is 0 Å². The van der Waals surface area contributed by atoms with E-state index in [1.54, 1.807) is 11.8 Å². The standard InChI is InChI=1S/C13H9NOS2/c15-13-14-12-10(16-13)6-8-5-7-3-1-2-4-9(7)11(8)17-12/h1-4,6,11H,5H2,(H,14,15)/t11-/m1/s1.